The Morgan fingerprint density at radius 1 is 1.19 bits per heavy atom. The number of ether oxygens (including phenoxy) is 2. The number of H-pyrrole nitrogens is 1. The second-order valence-corrected chi connectivity index (χ2v) is 8.14. The Kier molecular flexibility index (Phi) is 5.64. The zero-order valence-electron chi connectivity index (χ0n) is 17.1. The number of aliphatic hydroxyl groups is 3. The highest BCUT2D eigenvalue weighted by molar-refractivity contribution is 5.80. The number of para-hydroxylation sites is 1. The van der Waals surface area contributed by atoms with E-state index in [-0.39, 0.29) is 18.4 Å². The molecular formula is C21H25FN5O5+. The predicted octanol–water partition coefficient (Wildman–Crippen LogP) is 0.408. The number of benzene rings is 1. The molecule has 1 aliphatic carbocycles. The number of hydrogen-bond acceptors (Lipinski definition) is 8. The normalized spacial score (nSPS) is 30.1. The maximum atomic E-state index is 13.8. The molecule has 2 aliphatic rings. The molecule has 2 fully saturated rings. The number of aliphatic hydroxyl groups excluding tert-OH is 3. The van der Waals surface area contributed by atoms with Gasteiger partial charge in [-0.05, 0) is 31.4 Å². The molecular weight excluding hydrogens is 421 g/mol. The standard InChI is InChI=1S/C21H24FN5O5/c22-11-4-1-2-7-14(11)31-8-15-17(29)18(30)21(32-15)27-10-25-16-19(23-9-24-20(16)27)26-12-5-3-6-13(12)28/h1-2,4,7,9-10,12-13,15,17-18,21,28-30H,3,5-6,8H2,(H,23,24,26)/p+1/t12-,13-,15+,17-,18-,21+/m0/s1. The van der Waals surface area contributed by atoms with Gasteiger partial charge in [0.1, 0.15) is 24.9 Å². The molecule has 6 atom stereocenters. The second kappa shape index (κ2) is 8.58. The molecule has 2 aromatic heterocycles. The number of nitrogens with zero attached hydrogens (tertiary/aromatic N) is 3. The molecule has 1 saturated heterocycles. The highest BCUT2D eigenvalue weighted by Gasteiger charge is 2.47. The van der Waals surface area contributed by atoms with Crippen LogP contribution in [0.25, 0.3) is 11.2 Å². The lowest BCUT2D eigenvalue weighted by Gasteiger charge is -2.16. The van der Waals surface area contributed by atoms with E-state index in [4.69, 9.17) is 9.47 Å². The number of fused-ring (bicyclic) bond motifs is 1. The van der Waals surface area contributed by atoms with Crippen molar-refractivity contribution >= 4 is 17.0 Å². The van der Waals surface area contributed by atoms with E-state index < -0.39 is 36.5 Å². The summed E-state index contributed by atoms with van der Waals surface area (Å²) >= 11 is 0. The van der Waals surface area contributed by atoms with Crippen LogP contribution in [-0.2, 0) is 4.74 Å². The SMILES string of the molecule is O[C@@H]1[C@H](O)[C@H]([n+]2c[nH]c3c(N[C@H]4CCC[C@@H]4O)ncnc32)O[C@@H]1COc1ccccc1F. The Balaban J connectivity index is 1.34. The third kappa shape index (κ3) is 3.77. The van der Waals surface area contributed by atoms with Gasteiger partial charge in [-0.25, -0.2) is 8.96 Å². The predicted molar refractivity (Wildman–Crippen MR) is 109 cm³/mol. The number of halogens is 1. The largest absolute Gasteiger partial charge is 0.488 e. The van der Waals surface area contributed by atoms with Gasteiger partial charge in [-0.2, -0.15) is 4.98 Å². The van der Waals surface area contributed by atoms with E-state index in [0.717, 1.165) is 19.3 Å². The van der Waals surface area contributed by atoms with Gasteiger partial charge in [-0.1, -0.05) is 17.1 Å². The van der Waals surface area contributed by atoms with Gasteiger partial charge < -0.3 is 30.1 Å². The number of nitrogens with one attached hydrogen (secondary N) is 2. The summed E-state index contributed by atoms with van der Waals surface area (Å²) in [5.74, 6) is 0.0536. The van der Waals surface area contributed by atoms with Gasteiger partial charge in [0.25, 0.3) is 0 Å². The molecule has 11 heteroatoms. The van der Waals surface area contributed by atoms with Crippen LogP contribution in [0.15, 0.2) is 36.9 Å². The van der Waals surface area contributed by atoms with Crippen molar-refractivity contribution in [2.24, 2.45) is 0 Å². The van der Waals surface area contributed by atoms with Crippen molar-refractivity contribution in [3.63, 3.8) is 0 Å². The third-order valence-electron chi connectivity index (χ3n) is 6.07. The van der Waals surface area contributed by atoms with E-state index >= 15 is 0 Å². The maximum Gasteiger partial charge on any atom is 0.309 e. The van der Waals surface area contributed by atoms with Crippen molar-refractivity contribution in [1.29, 1.82) is 0 Å². The Morgan fingerprint density at radius 3 is 2.81 bits per heavy atom. The van der Waals surface area contributed by atoms with Crippen LogP contribution in [0, 0.1) is 5.82 Å². The van der Waals surface area contributed by atoms with Crippen molar-refractivity contribution in [3.05, 3.63) is 42.7 Å². The fourth-order valence-corrected chi connectivity index (χ4v) is 4.32. The van der Waals surface area contributed by atoms with Crippen LogP contribution < -0.4 is 14.6 Å². The van der Waals surface area contributed by atoms with Crippen molar-refractivity contribution < 1.29 is 33.8 Å². The van der Waals surface area contributed by atoms with Gasteiger partial charge in [-0.15, -0.1) is 0 Å². The lowest BCUT2D eigenvalue weighted by atomic mass is 10.1. The van der Waals surface area contributed by atoms with Crippen LogP contribution in [0.1, 0.15) is 25.5 Å². The molecule has 32 heavy (non-hydrogen) atoms. The molecule has 5 rings (SSSR count). The molecule has 170 valence electrons. The molecule has 0 unspecified atom stereocenters. The molecule has 1 aromatic carbocycles. The summed E-state index contributed by atoms with van der Waals surface area (Å²) in [6, 6.07) is 5.84. The van der Waals surface area contributed by atoms with Gasteiger partial charge in [-0.3, -0.25) is 4.98 Å². The number of rotatable bonds is 6. The fourth-order valence-electron chi connectivity index (χ4n) is 4.32. The van der Waals surface area contributed by atoms with Crippen LogP contribution >= 0.6 is 0 Å². The lowest BCUT2D eigenvalue weighted by Crippen LogP contribution is -2.45. The van der Waals surface area contributed by atoms with Gasteiger partial charge in [0.2, 0.25) is 11.7 Å². The first kappa shape index (κ1) is 21.0. The summed E-state index contributed by atoms with van der Waals surface area (Å²) in [6.45, 7) is -0.139. The molecule has 0 spiro atoms. The van der Waals surface area contributed by atoms with Crippen molar-refractivity contribution in [3.8, 4) is 5.75 Å². The van der Waals surface area contributed by atoms with Gasteiger partial charge in [0, 0.05) is 0 Å². The quantitative estimate of drug-likeness (QED) is 0.344. The van der Waals surface area contributed by atoms with E-state index in [0.29, 0.717) is 17.0 Å². The summed E-state index contributed by atoms with van der Waals surface area (Å²) in [7, 11) is 0. The van der Waals surface area contributed by atoms with Crippen LogP contribution in [-0.4, -0.2) is 67.3 Å². The highest BCUT2D eigenvalue weighted by Crippen LogP contribution is 2.29. The first-order chi connectivity index (χ1) is 15.5. The number of aromatic nitrogens is 4. The number of hydrogen-bond donors (Lipinski definition) is 5. The first-order valence-corrected chi connectivity index (χ1v) is 10.6. The second-order valence-electron chi connectivity index (χ2n) is 8.14. The summed E-state index contributed by atoms with van der Waals surface area (Å²) in [5, 5.41) is 34.4. The maximum absolute atomic E-state index is 13.8. The van der Waals surface area contributed by atoms with E-state index in [9.17, 15) is 19.7 Å². The topological polar surface area (TPSA) is 137 Å². The summed E-state index contributed by atoms with van der Waals surface area (Å²) in [5.41, 5.74) is 1.05. The highest BCUT2D eigenvalue weighted by atomic mass is 19.1. The monoisotopic (exact) mass is 446 g/mol. The minimum absolute atomic E-state index is 0.0403. The van der Waals surface area contributed by atoms with Crippen molar-refractivity contribution in [2.75, 3.05) is 11.9 Å². The molecule has 1 aliphatic heterocycles. The number of aromatic amines is 1. The molecule has 0 amide bonds. The van der Waals surface area contributed by atoms with Crippen LogP contribution in [0.4, 0.5) is 10.2 Å². The molecule has 3 aromatic rings. The Labute approximate surface area is 182 Å². The minimum atomic E-state index is -1.25. The molecule has 0 bridgehead atoms. The Bertz CT molecular complexity index is 1100. The van der Waals surface area contributed by atoms with Crippen molar-refractivity contribution in [1.82, 2.24) is 15.0 Å². The Hall–Kier alpha value is -2.86. The Morgan fingerprint density at radius 2 is 2.03 bits per heavy atom. The first-order valence-electron chi connectivity index (χ1n) is 10.6. The zero-order chi connectivity index (χ0) is 22.2. The summed E-state index contributed by atoms with van der Waals surface area (Å²) in [6.07, 6.45) is 0.742. The lowest BCUT2D eigenvalue weighted by molar-refractivity contribution is -0.745. The molecule has 5 N–H and O–H groups in total. The zero-order valence-corrected chi connectivity index (χ0v) is 17.1. The van der Waals surface area contributed by atoms with E-state index in [1.807, 2.05) is 0 Å². The van der Waals surface area contributed by atoms with Gasteiger partial charge in [0.15, 0.2) is 30.0 Å². The number of imidazole rings is 1. The van der Waals surface area contributed by atoms with Crippen LogP contribution in [0.2, 0.25) is 0 Å². The molecule has 0 radical (unpaired) electrons. The fraction of sp³-hybridized carbons (Fsp3) is 0.476. The summed E-state index contributed by atoms with van der Waals surface area (Å²) < 4.78 is 26.7. The molecule has 3 heterocycles. The van der Waals surface area contributed by atoms with E-state index in [1.54, 1.807) is 23.0 Å². The van der Waals surface area contributed by atoms with Crippen LogP contribution in [0.3, 0.4) is 0 Å². The van der Waals surface area contributed by atoms with Crippen LogP contribution in [0.5, 0.6) is 5.75 Å². The average Bonchev–Trinajstić information content (AvgIpc) is 3.47. The minimum Gasteiger partial charge on any atom is -0.488 e. The van der Waals surface area contributed by atoms with Crippen molar-refractivity contribution in [2.45, 2.75) is 55.9 Å². The molecule has 1 saturated carbocycles. The smallest absolute Gasteiger partial charge is 0.309 e. The van der Waals surface area contributed by atoms with E-state index in [1.165, 1.54) is 18.5 Å². The number of anilines is 1. The third-order valence-corrected chi connectivity index (χ3v) is 6.07. The van der Waals surface area contributed by atoms with Gasteiger partial charge in [0.05, 0.1) is 12.1 Å². The summed E-state index contributed by atoms with van der Waals surface area (Å²) in [4.78, 5) is 11.7. The molecule has 10 nitrogen and oxygen atoms in total. The average molecular weight is 446 g/mol. The van der Waals surface area contributed by atoms with Gasteiger partial charge >= 0.3 is 5.65 Å². The van der Waals surface area contributed by atoms with E-state index in [2.05, 4.69) is 20.3 Å².